The topological polar surface area (TPSA) is 75.7 Å². The smallest absolute Gasteiger partial charge is 0.265 e. The van der Waals surface area contributed by atoms with Gasteiger partial charge in [-0.3, -0.25) is 4.99 Å². The van der Waals surface area contributed by atoms with E-state index in [1.807, 2.05) is 54.8 Å². The number of aliphatic imine (C=N–C) groups is 2. The first-order chi connectivity index (χ1) is 15.6. The number of amidine groups is 1. The SMILES string of the molecule is Cc1cc(Nc2ccccc2)nc2cc(C3=NC(C4=CC=C4)=C4C=NC=C[N+]34N)ccc12. The maximum atomic E-state index is 6.84. The van der Waals surface area contributed by atoms with E-state index in [1.165, 1.54) is 0 Å². The Kier molecular flexibility index (Phi) is 4.04. The number of aromatic nitrogens is 1. The van der Waals surface area contributed by atoms with Crippen LogP contribution in [0.3, 0.4) is 0 Å². The Morgan fingerprint density at radius 3 is 2.66 bits per heavy atom. The fourth-order valence-corrected chi connectivity index (χ4v) is 4.22. The predicted octanol–water partition coefficient (Wildman–Crippen LogP) is 5.00. The van der Waals surface area contributed by atoms with Crippen molar-refractivity contribution in [3.05, 3.63) is 113 Å². The molecule has 3 aliphatic rings. The van der Waals surface area contributed by atoms with Crippen molar-refractivity contribution in [1.82, 2.24) is 4.98 Å². The number of para-hydroxylation sites is 1. The largest absolute Gasteiger partial charge is 0.340 e. The summed E-state index contributed by atoms with van der Waals surface area (Å²) >= 11 is 0. The van der Waals surface area contributed by atoms with E-state index in [1.54, 1.807) is 12.4 Å². The van der Waals surface area contributed by atoms with Crippen molar-refractivity contribution in [1.29, 1.82) is 0 Å². The monoisotopic (exact) mass is 417 g/mol. The molecule has 1 unspecified atom stereocenters. The Morgan fingerprint density at radius 1 is 1.03 bits per heavy atom. The molecule has 6 rings (SSSR count). The Labute approximate surface area is 185 Å². The third-order valence-electron chi connectivity index (χ3n) is 5.94. The highest BCUT2D eigenvalue weighted by molar-refractivity contribution is 6.03. The lowest BCUT2D eigenvalue weighted by Gasteiger charge is -2.26. The van der Waals surface area contributed by atoms with E-state index < -0.39 is 0 Å². The quantitative estimate of drug-likeness (QED) is 0.463. The van der Waals surface area contributed by atoms with E-state index in [0.29, 0.717) is 0 Å². The van der Waals surface area contributed by atoms with Crippen LogP contribution in [0.1, 0.15) is 11.1 Å². The minimum Gasteiger partial charge on any atom is -0.340 e. The van der Waals surface area contributed by atoms with Gasteiger partial charge in [-0.25, -0.2) is 4.98 Å². The summed E-state index contributed by atoms with van der Waals surface area (Å²) in [5.74, 6) is 8.40. The van der Waals surface area contributed by atoms with Gasteiger partial charge in [-0.15, -0.1) is 4.59 Å². The van der Waals surface area contributed by atoms with Gasteiger partial charge in [0.25, 0.3) is 5.84 Å². The molecule has 3 heterocycles. The molecule has 0 amide bonds. The summed E-state index contributed by atoms with van der Waals surface area (Å²) in [4.78, 5) is 14.1. The first-order valence-electron chi connectivity index (χ1n) is 10.5. The molecule has 0 fully saturated rings. The second-order valence-corrected chi connectivity index (χ2v) is 8.05. The molecule has 2 aliphatic heterocycles. The average Bonchev–Trinajstić information content (AvgIpc) is 3.06. The van der Waals surface area contributed by atoms with Crippen molar-refractivity contribution in [2.24, 2.45) is 15.8 Å². The Balaban J connectivity index is 1.44. The van der Waals surface area contributed by atoms with Crippen LogP contribution in [0.25, 0.3) is 10.9 Å². The molecule has 3 N–H and O–H groups in total. The molecule has 0 radical (unpaired) electrons. The van der Waals surface area contributed by atoms with Gasteiger partial charge in [0.1, 0.15) is 17.7 Å². The number of allylic oxidation sites excluding steroid dienone is 4. The number of benzene rings is 2. The van der Waals surface area contributed by atoms with Gasteiger partial charge in [0.2, 0.25) is 5.70 Å². The van der Waals surface area contributed by atoms with Crippen LogP contribution in [0.4, 0.5) is 11.5 Å². The number of nitrogens with zero attached hydrogens (tertiary/aromatic N) is 4. The van der Waals surface area contributed by atoms with Gasteiger partial charge in [-0.05, 0) is 42.8 Å². The third kappa shape index (κ3) is 2.85. The number of pyridine rings is 1. The third-order valence-corrected chi connectivity index (χ3v) is 5.94. The number of rotatable bonds is 4. The van der Waals surface area contributed by atoms with E-state index in [2.05, 4.69) is 41.5 Å². The standard InChI is InChI=1S/C26H21N6/c1-17-14-24(29-20-8-3-2-4-9-20)30-22-15-19(10-11-21(17)22)26-31-25(18-6-5-7-18)23-16-28-12-13-32(23,26)27/h2-16H,27H2,1H3,(H,29,30)/q+1. The van der Waals surface area contributed by atoms with Gasteiger partial charge in [0, 0.05) is 16.6 Å². The molecule has 1 atom stereocenters. The highest BCUT2D eigenvalue weighted by Gasteiger charge is 2.44. The number of nitrogens with two attached hydrogens (primary N) is 1. The molecule has 3 aromatic rings. The summed E-state index contributed by atoms with van der Waals surface area (Å²) < 4.78 is -0.00351. The highest BCUT2D eigenvalue weighted by Crippen LogP contribution is 2.36. The van der Waals surface area contributed by atoms with Crippen molar-refractivity contribution in [3.63, 3.8) is 0 Å². The number of anilines is 2. The minimum absolute atomic E-state index is 0.00351. The molecule has 32 heavy (non-hydrogen) atoms. The fraction of sp³-hybridized carbons (Fsp3) is 0.0385. The van der Waals surface area contributed by atoms with Crippen LogP contribution in [0.15, 0.2) is 112 Å². The maximum absolute atomic E-state index is 6.84. The lowest BCUT2D eigenvalue weighted by molar-refractivity contribution is -0.750. The van der Waals surface area contributed by atoms with Crippen molar-refractivity contribution in [2.45, 2.75) is 6.92 Å². The summed E-state index contributed by atoms with van der Waals surface area (Å²) in [6.07, 6.45) is 11.5. The molecule has 0 bridgehead atoms. The van der Waals surface area contributed by atoms with Gasteiger partial charge in [-0.1, -0.05) is 42.5 Å². The van der Waals surface area contributed by atoms with Crippen molar-refractivity contribution in [2.75, 3.05) is 5.32 Å². The molecule has 0 saturated heterocycles. The maximum Gasteiger partial charge on any atom is 0.265 e. The molecular weight excluding hydrogens is 396 g/mol. The van der Waals surface area contributed by atoms with E-state index >= 15 is 0 Å². The number of hydrogen-bond acceptors (Lipinski definition) is 5. The second kappa shape index (κ2) is 6.95. The molecule has 154 valence electrons. The molecule has 1 aromatic heterocycles. The first-order valence-corrected chi connectivity index (χ1v) is 10.5. The molecule has 1 aliphatic carbocycles. The molecular formula is C26H21N6+. The Bertz CT molecular complexity index is 1460. The van der Waals surface area contributed by atoms with Crippen LogP contribution in [0.5, 0.6) is 0 Å². The van der Waals surface area contributed by atoms with Crippen LogP contribution >= 0.6 is 0 Å². The highest BCUT2D eigenvalue weighted by atomic mass is 15.6. The lowest BCUT2D eigenvalue weighted by Crippen LogP contribution is -2.53. The zero-order chi connectivity index (χ0) is 21.7. The summed E-state index contributed by atoms with van der Waals surface area (Å²) in [7, 11) is 0. The second-order valence-electron chi connectivity index (χ2n) is 8.05. The number of aryl methyl sites for hydroxylation is 1. The molecule has 0 saturated carbocycles. The van der Waals surface area contributed by atoms with Crippen molar-refractivity contribution in [3.8, 4) is 0 Å². The van der Waals surface area contributed by atoms with Crippen molar-refractivity contribution >= 4 is 34.5 Å². The number of fused-ring (bicyclic) bond motifs is 2. The summed E-state index contributed by atoms with van der Waals surface area (Å²) in [5.41, 5.74) is 6.76. The number of quaternary nitrogens is 1. The van der Waals surface area contributed by atoms with Gasteiger partial charge in [0.05, 0.1) is 23.5 Å². The van der Waals surface area contributed by atoms with Gasteiger partial charge in [-0.2, -0.15) is 10.8 Å². The number of nitrogens with one attached hydrogen (secondary N) is 1. The average molecular weight is 417 g/mol. The summed E-state index contributed by atoms with van der Waals surface area (Å²) in [5, 5.41) is 4.49. The van der Waals surface area contributed by atoms with Gasteiger partial charge < -0.3 is 5.32 Å². The normalized spacial score (nSPS) is 20.8. The molecule has 0 spiro atoms. The van der Waals surface area contributed by atoms with Gasteiger partial charge >= 0.3 is 0 Å². The first kappa shape index (κ1) is 18.6. The van der Waals surface area contributed by atoms with Crippen LogP contribution in [-0.4, -0.2) is 21.6 Å². The Hall–Kier alpha value is -4.13. The summed E-state index contributed by atoms with van der Waals surface area (Å²) in [6, 6.07) is 18.3. The van der Waals surface area contributed by atoms with Crippen LogP contribution in [0.2, 0.25) is 0 Å². The minimum atomic E-state index is -0.00351. The zero-order valence-corrected chi connectivity index (χ0v) is 17.5. The van der Waals surface area contributed by atoms with E-state index in [9.17, 15) is 0 Å². The van der Waals surface area contributed by atoms with E-state index in [0.717, 1.165) is 56.3 Å². The molecule has 6 heteroatoms. The lowest BCUT2D eigenvalue weighted by atomic mass is 10.0. The molecule has 6 nitrogen and oxygen atoms in total. The van der Waals surface area contributed by atoms with E-state index in [-0.39, 0.29) is 4.59 Å². The molecule has 2 aromatic carbocycles. The van der Waals surface area contributed by atoms with Crippen LogP contribution < -0.4 is 11.2 Å². The van der Waals surface area contributed by atoms with E-state index in [4.69, 9.17) is 15.8 Å². The summed E-state index contributed by atoms with van der Waals surface area (Å²) in [6.45, 7) is 2.10. The number of hydrogen-bond donors (Lipinski definition) is 2. The van der Waals surface area contributed by atoms with Crippen LogP contribution in [0, 0.1) is 6.92 Å². The Morgan fingerprint density at radius 2 is 1.88 bits per heavy atom. The van der Waals surface area contributed by atoms with Crippen LogP contribution in [-0.2, 0) is 0 Å². The predicted molar refractivity (Wildman–Crippen MR) is 129 cm³/mol. The zero-order valence-electron chi connectivity index (χ0n) is 17.5. The van der Waals surface area contributed by atoms with Gasteiger partial charge in [0.15, 0.2) is 0 Å². The fourth-order valence-electron chi connectivity index (χ4n) is 4.22. The van der Waals surface area contributed by atoms with Crippen molar-refractivity contribution < 1.29 is 4.59 Å².